The molecule has 4 rings (SSSR count). The summed E-state index contributed by atoms with van der Waals surface area (Å²) >= 11 is 4.55. The van der Waals surface area contributed by atoms with Gasteiger partial charge in [0.05, 0.1) is 28.7 Å². The Morgan fingerprint density at radius 1 is 1.20 bits per heavy atom. The lowest BCUT2D eigenvalue weighted by atomic mass is 9.97. The van der Waals surface area contributed by atoms with Crippen LogP contribution in [0.1, 0.15) is 23.4 Å². The molecule has 1 aliphatic rings. The predicted octanol–water partition coefficient (Wildman–Crippen LogP) is 4.23. The molecule has 3 aromatic rings. The van der Waals surface area contributed by atoms with Crippen LogP contribution in [0.5, 0.6) is 0 Å². The maximum atomic E-state index is 12.7. The fourth-order valence-electron chi connectivity index (χ4n) is 3.38. The summed E-state index contributed by atoms with van der Waals surface area (Å²) in [6.45, 7) is 5.57. The van der Waals surface area contributed by atoms with E-state index in [9.17, 15) is 9.59 Å². The monoisotopic (exact) mass is 461 g/mol. The zero-order valence-corrected chi connectivity index (χ0v) is 19.3. The largest absolute Gasteiger partial charge is 0.302 e. The van der Waals surface area contributed by atoms with Gasteiger partial charge in [-0.1, -0.05) is 6.07 Å². The Morgan fingerprint density at radius 3 is 2.80 bits per heavy atom. The van der Waals surface area contributed by atoms with Crippen molar-refractivity contribution in [2.45, 2.75) is 26.7 Å². The molecule has 7 nitrogen and oxygen atoms in total. The van der Waals surface area contributed by atoms with Crippen molar-refractivity contribution >= 4 is 56.1 Å². The van der Waals surface area contributed by atoms with E-state index in [1.54, 1.807) is 11.3 Å². The predicted molar refractivity (Wildman–Crippen MR) is 123 cm³/mol. The fraction of sp³-hybridized carbons (Fsp3) is 0.400. The number of amides is 2. The summed E-state index contributed by atoms with van der Waals surface area (Å²) in [6.07, 6.45) is 1.71. The molecule has 1 fully saturated rings. The quantitative estimate of drug-likeness (QED) is 0.573. The van der Waals surface area contributed by atoms with Crippen LogP contribution in [0.3, 0.4) is 0 Å². The summed E-state index contributed by atoms with van der Waals surface area (Å²) in [5.41, 5.74) is 1.83. The first-order valence-electron chi connectivity index (χ1n) is 9.74. The van der Waals surface area contributed by atoms with Crippen LogP contribution < -0.4 is 10.6 Å². The van der Waals surface area contributed by atoms with Crippen molar-refractivity contribution in [1.82, 2.24) is 14.9 Å². The van der Waals surface area contributed by atoms with Crippen molar-refractivity contribution in [2.75, 3.05) is 30.3 Å². The number of thiophene rings is 1. The van der Waals surface area contributed by atoms with Gasteiger partial charge >= 0.3 is 0 Å². The van der Waals surface area contributed by atoms with Crippen LogP contribution in [-0.2, 0) is 9.59 Å². The summed E-state index contributed by atoms with van der Waals surface area (Å²) in [6, 6.07) is 4.00. The number of aryl methyl sites for hydroxylation is 2. The molecule has 1 aliphatic heterocycles. The topological polar surface area (TPSA) is 87.2 Å². The first-order chi connectivity index (χ1) is 14.5. The first-order valence-corrected chi connectivity index (χ1v) is 12.3. The van der Waals surface area contributed by atoms with E-state index in [4.69, 9.17) is 0 Å². The van der Waals surface area contributed by atoms with E-state index in [0.29, 0.717) is 16.8 Å². The number of hydrogen-bond donors (Lipinski definition) is 2. The highest BCUT2D eigenvalue weighted by Crippen LogP contribution is 2.29. The molecule has 30 heavy (non-hydrogen) atoms. The molecule has 1 saturated heterocycles. The molecule has 0 bridgehead atoms. The van der Waals surface area contributed by atoms with Gasteiger partial charge < -0.3 is 10.6 Å². The smallest absolute Gasteiger partial charge is 0.240 e. The Hall–Kier alpha value is -2.14. The summed E-state index contributed by atoms with van der Waals surface area (Å²) in [5, 5.41) is 11.0. The molecule has 158 valence electrons. The highest BCUT2D eigenvalue weighted by atomic mass is 32.1. The number of nitrogens with zero attached hydrogens (tertiary/aromatic N) is 3. The number of carbonyl (C=O) groups is 2. The van der Waals surface area contributed by atoms with Gasteiger partial charge in [-0.3, -0.25) is 14.5 Å². The lowest BCUT2D eigenvalue weighted by molar-refractivity contribution is -0.123. The van der Waals surface area contributed by atoms with E-state index in [1.165, 1.54) is 22.7 Å². The third kappa shape index (κ3) is 5.12. The van der Waals surface area contributed by atoms with E-state index < -0.39 is 0 Å². The average molecular weight is 462 g/mol. The van der Waals surface area contributed by atoms with E-state index in [2.05, 4.69) is 20.6 Å². The molecule has 0 radical (unpaired) electrons. The average Bonchev–Trinajstić information content (AvgIpc) is 3.44. The highest BCUT2D eigenvalue weighted by molar-refractivity contribution is 7.16. The SMILES string of the molecule is Cc1nc(NC(=O)CN2CCCC(C(=O)Nc3nc(-c4cccs4)cs3)C2)sc1C. The van der Waals surface area contributed by atoms with Gasteiger partial charge in [0.1, 0.15) is 0 Å². The zero-order chi connectivity index (χ0) is 21.1. The van der Waals surface area contributed by atoms with Gasteiger partial charge in [-0.2, -0.15) is 0 Å². The van der Waals surface area contributed by atoms with E-state index in [0.717, 1.165) is 40.5 Å². The molecule has 2 N–H and O–H groups in total. The molecule has 0 saturated carbocycles. The molecule has 2 amide bonds. The molecule has 4 heterocycles. The number of carbonyl (C=O) groups excluding carboxylic acids is 2. The van der Waals surface area contributed by atoms with Gasteiger partial charge in [0.15, 0.2) is 10.3 Å². The molecule has 0 spiro atoms. The molecule has 3 aromatic heterocycles. The van der Waals surface area contributed by atoms with Crippen molar-refractivity contribution in [3.8, 4) is 10.6 Å². The second-order valence-electron chi connectivity index (χ2n) is 7.29. The standard InChI is InChI=1S/C20H23N5O2S3/c1-12-13(2)30-20(21-12)23-17(26)10-25-7-3-5-14(9-25)18(27)24-19-22-15(11-29-19)16-6-4-8-28-16/h4,6,8,11,14H,3,5,7,9-10H2,1-2H3,(H,21,23,26)(H,22,24,27). The maximum Gasteiger partial charge on any atom is 0.240 e. The van der Waals surface area contributed by atoms with E-state index in [-0.39, 0.29) is 24.3 Å². The molecular weight excluding hydrogens is 438 g/mol. The number of rotatable bonds is 6. The molecule has 0 aliphatic carbocycles. The van der Waals surface area contributed by atoms with Crippen LogP contribution in [0.25, 0.3) is 10.6 Å². The van der Waals surface area contributed by atoms with Gasteiger partial charge in [-0.25, -0.2) is 9.97 Å². The number of aromatic nitrogens is 2. The first kappa shape index (κ1) is 21.1. The number of likely N-dealkylation sites (tertiary alicyclic amines) is 1. The summed E-state index contributed by atoms with van der Waals surface area (Å²) in [5.74, 6) is -0.270. The van der Waals surface area contributed by atoms with E-state index in [1.807, 2.05) is 41.6 Å². The lowest BCUT2D eigenvalue weighted by Crippen LogP contribution is -2.43. The Morgan fingerprint density at radius 2 is 2.07 bits per heavy atom. The summed E-state index contributed by atoms with van der Waals surface area (Å²) in [7, 11) is 0. The Kier molecular flexibility index (Phi) is 6.57. The zero-order valence-electron chi connectivity index (χ0n) is 16.8. The van der Waals surface area contributed by atoms with E-state index >= 15 is 0 Å². The van der Waals surface area contributed by atoms with Gasteiger partial charge in [-0.15, -0.1) is 34.0 Å². The van der Waals surface area contributed by atoms with Crippen molar-refractivity contribution in [2.24, 2.45) is 5.92 Å². The normalized spacial score (nSPS) is 17.1. The van der Waals surface area contributed by atoms with Crippen molar-refractivity contribution in [1.29, 1.82) is 0 Å². The van der Waals surface area contributed by atoms with Crippen molar-refractivity contribution in [3.63, 3.8) is 0 Å². The van der Waals surface area contributed by atoms with Crippen molar-refractivity contribution < 1.29 is 9.59 Å². The minimum Gasteiger partial charge on any atom is -0.302 e. The minimum atomic E-state index is -0.148. The number of thiazole rings is 2. The minimum absolute atomic E-state index is 0.0293. The summed E-state index contributed by atoms with van der Waals surface area (Å²) < 4.78 is 0. The molecule has 0 aromatic carbocycles. The van der Waals surface area contributed by atoms with Gasteiger partial charge in [0, 0.05) is 16.8 Å². The summed E-state index contributed by atoms with van der Waals surface area (Å²) in [4.78, 5) is 38.2. The Labute approximate surface area is 187 Å². The number of hydrogen-bond acceptors (Lipinski definition) is 8. The van der Waals surface area contributed by atoms with Crippen LogP contribution >= 0.6 is 34.0 Å². The number of piperidine rings is 1. The van der Waals surface area contributed by atoms with Crippen LogP contribution in [-0.4, -0.2) is 46.3 Å². The fourth-order valence-corrected chi connectivity index (χ4v) is 5.68. The second kappa shape index (κ2) is 9.34. The van der Waals surface area contributed by atoms with Gasteiger partial charge in [0.25, 0.3) is 0 Å². The lowest BCUT2D eigenvalue weighted by Gasteiger charge is -2.31. The molecule has 1 atom stereocenters. The number of anilines is 2. The third-order valence-electron chi connectivity index (χ3n) is 5.03. The highest BCUT2D eigenvalue weighted by Gasteiger charge is 2.27. The van der Waals surface area contributed by atoms with Crippen molar-refractivity contribution in [3.05, 3.63) is 33.5 Å². The second-order valence-corrected chi connectivity index (χ2v) is 10.3. The molecular formula is C20H23N5O2S3. The maximum absolute atomic E-state index is 12.7. The molecule has 10 heteroatoms. The molecule has 1 unspecified atom stereocenters. The van der Waals surface area contributed by atoms with Crippen LogP contribution in [0.2, 0.25) is 0 Å². The Bertz CT molecular complexity index is 1010. The van der Waals surface area contributed by atoms with Gasteiger partial charge in [0.2, 0.25) is 11.8 Å². The van der Waals surface area contributed by atoms with Crippen LogP contribution in [0, 0.1) is 19.8 Å². The van der Waals surface area contributed by atoms with Gasteiger partial charge in [-0.05, 0) is 44.7 Å². The Balaban J connectivity index is 1.29. The number of nitrogens with one attached hydrogen (secondary N) is 2. The third-order valence-corrected chi connectivity index (χ3v) is 7.66. The van der Waals surface area contributed by atoms with Crippen LogP contribution in [0.15, 0.2) is 22.9 Å². The van der Waals surface area contributed by atoms with Crippen LogP contribution in [0.4, 0.5) is 10.3 Å².